The molecule has 0 radical (unpaired) electrons. The lowest BCUT2D eigenvalue weighted by Gasteiger charge is -2.27. The normalized spacial score (nSPS) is 11.8. The Bertz CT molecular complexity index is 517. The molecular formula is C13H16ClN3. The lowest BCUT2D eigenvalue weighted by molar-refractivity contribution is 0.370. The van der Waals surface area contributed by atoms with Crippen LogP contribution in [0, 0.1) is 0 Å². The summed E-state index contributed by atoms with van der Waals surface area (Å²) >= 11 is 6.21. The van der Waals surface area contributed by atoms with Crippen molar-refractivity contribution in [2.24, 2.45) is 5.73 Å². The first-order chi connectivity index (χ1) is 8.06. The maximum atomic E-state index is 6.21. The molecule has 0 spiro atoms. The Morgan fingerprint density at radius 1 is 1.35 bits per heavy atom. The number of hydrogen-bond acceptors (Lipinski definition) is 2. The first kappa shape index (κ1) is 12.1. The van der Waals surface area contributed by atoms with Gasteiger partial charge in [0.1, 0.15) is 0 Å². The Hall–Kier alpha value is -1.32. The number of nitrogens with zero attached hydrogens (tertiary/aromatic N) is 2. The standard InChI is InChI=1S/C13H16ClN3/c1-13(2,8-15)17-9-16-7-12(17)10-5-3-4-6-11(10)14/h3-7,9H,8,15H2,1-2H3. The summed E-state index contributed by atoms with van der Waals surface area (Å²) < 4.78 is 2.06. The molecule has 0 saturated heterocycles. The van der Waals surface area contributed by atoms with Crippen LogP contribution in [-0.4, -0.2) is 16.1 Å². The van der Waals surface area contributed by atoms with Crippen LogP contribution in [0.1, 0.15) is 13.8 Å². The van der Waals surface area contributed by atoms with Crippen molar-refractivity contribution in [3.05, 3.63) is 41.8 Å². The zero-order valence-corrected chi connectivity index (χ0v) is 10.8. The molecule has 90 valence electrons. The fraction of sp³-hybridized carbons (Fsp3) is 0.308. The quantitative estimate of drug-likeness (QED) is 0.909. The Morgan fingerprint density at radius 3 is 2.71 bits per heavy atom. The molecule has 1 aromatic heterocycles. The van der Waals surface area contributed by atoms with Crippen LogP contribution in [-0.2, 0) is 5.54 Å². The van der Waals surface area contributed by atoms with Gasteiger partial charge in [-0.1, -0.05) is 29.8 Å². The third kappa shape index (κ3) is 2.21. The number of benzene rings is 1. The molecule has 0 aliphatic carbocycles. The molecule has 2 rings (SSSR count). The monoisotopic (exact) mass is 249 g/mol. The van der Waals surface area contributed by atoms with Crippen molar-refractivity contribution in [2.75, 3.05) is 6.54 Å². The van der Waals surface area contributed by atoms with E-state index in [1.807, 2.05) is 30.5 Å². The number of nitrogens with two attached hydrogens (primary N) is 1. The fourth-order valence-corrected chi connectivity index (χ4v) is 1.98. The SMILES string of the molecule is CC(C)(CN)n1cncc1-c1ccccc1Cl. The third-order valence-electron chi connectivity index (χ3n) is 2.94. The van der Waals surface area contributed by atoms with Crippen LogP contribution in [0.4, 0.5) is 0 Å². The van der Waals surface area contributed by atoms with Crippen molar-refractivity contribution in [2.45, 2.75) is 19.4 Å². The molecule has 1 heterocycles. The van der Waals surface area contributed by atoms with E-state index in [-0.39, 0.29) is 5.54 Å². The summed E-state index contributed by atoms with van der Waals surface area (Å²) in [7, 11) is 0. The molecule has 0 atom stereocenters. The van der Waals surface area contributed by atoms with E-state index in [1.54, 1.807) is 6.33 Å². The topological polar surface area (TPSA) is 43.8 Å². The molecule has 0 saturated carbocycles. The molecule has 0 aliphatic heterocycles. The van der Waals surface area contributed by atoms with E-state index in [0.717, 1.165) is 16.3 Å². The van der Waals surface area contributed by atoms with Gasteiger partial charge in [-0.05, 0) is 19.9 Å². The molecule has 0 amide bonds. The second kappa shape index (κ2) is 4.51. The number of halogens is 1. The highest BCUT2D eigenvalue weighted by Crippen LogP contribution is 2.30. The van der Waals surface area contributed by atoms with Gasteiger partial charge in [0.25, 0.3) is 0 Å². The van der Waals surface area contributed by atoms with Gasteiger partial charge in [0.2, 0.25) is 0 Å². The second-order valence-corrected chi connectivity index (χ2v) is 5.05. The smallest absolute Gasteiger partial charge is 0.0956 e. The zero-order chi connectivity index (χ0) is 12.5. The summed E-state index contributed by atoms with van der Waals surface area (Å²) in [5, 5.41) is 0.724. The van der Waals surface area contributed by atoms with Crippen LogP contribution in [0.15, 0.2) is 36.8 Å². The summed E-state index contributed by atoms with van der Waals surface area (Å²) in [4.78, 5) is 4.20. The summed E-state index contributed by atoms with van der Waals surface area (Å²) in [5.41, 5.74) is 7.60. The number of rotatable bonds is 3. The Labute approximate surface area is 106 Å². The molecule has 3 nitrogen and oxygen atoms in total. The van der Waals surface area contributed by atoms with Crippen molar-refractivity contribution in [3.8, 4) is 11.3 Å². The van der Waals surface area contributed by atoms with Crippen LogP contribution in [0.2, 0.25) is 5.02 Å². The van der Waals surface area contributed by atoms with E-state index in [4.69, 9.17) is 17.3 Å². The highest BCUT2D eigenvalue weighted by atomic mass is 35.5. The average Bonchev–Trinajstić information content (AvgIpc) is 2.79. The van der Waals surface area contributed by atoms with Crippen molar-refractivity contribution in [3.63, 3.8) is 0 Å². The Balaban J connectivity index is 2.56. The van der Waals surface area contributed by atoms with E-state index in [0.29, 0.717) is 6.54 Å². The summed E-state index contributed by atoms with van der Waals surface area (Å²) in [6.07, 6.45) is 3.62. The number of hydrogen-bond donors (Lipinski definition) is 1. The minimum absolute atomic E-state index is 0.176. The summed E-state index contributed by atoms with van der Waals surface area (Å²) in [6.45, 7) is 4.70. The predicted molar refractivity (Wildman–Crippen MR) is 71.0 cm³/mol. The van der Waals surface area contributed by atoms with Gasteiger partial charge in [0.05, 0.1) is 23.8 Å². The molecule has 17 heavy (non-hydrogen) atoms. The molecule has 0 aliphatic rings. The molecule has 4 heteroatoms. The minimum Gasteiger partial charge on any atom is -0.328 e. The largest absolute Gasteiger partial charge is 0.328 e. The number of aromatic nitrogens is 2. The fourth-order valence-electron chi connectivity index (χ4n) is 1.74. The van der Waals surface area contributed by atoms with Gasteiger partial charge >= 0.3 is 0 Å². The first-order valence-corrected chi connectivity index (χ1v) is 5.92. The zero-order valence-electron chi connectivity index (χ0n) is 10.0. The van der Waals surface area contributed by atoms with Crippen LogP contribution in [0.5, 0.6) is 0 Å². The predicted octanol–water partition coefficient (Wildman–Crippen LogP) is 2.90. The molecule has 0 unspecified atom stereocenters. The highest BCUT2D eigenvalue weighted by Gasteiger charge is 2.21. The van der Waals surface area contributed by atoms with Crippen molar-refractivity contribution < 1.29 is 0 Å². The van der Waals surface area contributed by atoms with Crippen LogP contribution in [0.3, 0.4) is 0 Å². The van der Waals surface area contributed by atoms with Gasteiger partial charge < -0.3 is 10.3 Å². The Morgan fingerprint density at radius 2 is 2.06 bits per heavy atom. The molecule has 2 aromatic rings. The third-order valence-corrected chi connectivity index (χ3v) is 3.27. The molecule has 1 aromatic carbocycles. The average molecular weight is 250 g/mol. The lowest BCUT2D eigenvalue weighted by Crippen LogP contribution is -2.34. The first-order valence-electron chi connectivity index (χ1n) is 5.54. The van der Waals surface area contributed by atoms with Crippen molar-refractivity contribution in [1.29, 1.82) is 0 Å². The van der Waals surface area contributed by atoms with Gasteiger partial charge in [-0.25, -0.2) is 4.98 Å². The second-order valence-electron chi connectivity index (χ2n) is 4.65. The van der Waals surface area contributed by atoms with Gasteiger partial charge in [0, 0.05) is 17.1 Å². The van der Waals surface area contributed by atoms with Gasteiger partial charge in [-0.2, -0.15) is 0 Å². The van der Waals surface area contributed by atoms with Crippen LogP contribution in [0.25, 0.3) is 11.3 Å². The van der Waals surface area contributed by atoms with Crippen molar-refractivity contribution in [1.82, 2.24) is 9.55 Å². The van der Waals surface area contributed by atoms with Gasteiger partial charge in [-0.3, -0.25) is 0 Å². The van der Waals surface area contributed by atoms with E-state index in [1.165, 1.54) is 0 Å². The highest BCUT2D eigenvalue weighted by molar-refractivity contribution is 6.33. The van der Waals surface area contributed by atoms with E-state index in [2.05, 4.69) is 23.4 Å². The minimum atomic E-state index is -0.176. The maximum Gasteiger partial charge on any atom is 0.0956 e. The summed E-state index contributed by atoms with van der Waals surface area (Å²) in [5.74, 6) is 0. The number of imidazole rings is 1. The maximum absolute atomic E-state index is 6.21. The summed E-state index contributed by atoms with van der Waals surface area (Å²) in [6, 6.07) is 7.75. The van der Waals surface area contributed by atoms with Crippen LogP contribution < -0.4 is 5.73 Å². The van der Waals surface area contributed by atoms with Crippen LogP contribution >= 0.6 is 11.6 Å². The molecular weight excluding hydrogens is 234 g/mol. The lowest BCUT2D eigenvalue weighted by atomic mass is 10.0. The molecule has 0 bridgehead atoms. The van der Waals surface area contributed by atoms with E-state index < -0.39 is 0 Å². The van der Waals surface area contributed by atoms with E-state index >= 15 is 0 Å². The van der Waals surface area contributed by atoms with Crippen molar-refractivity contribution >= 4 is 11.6 Å². The molecule has 2 N–H and O–H groups in total. The Kier molecular flexibility index (Phi) is 3.22. The molecule has 0 fully saturated rings. The van der Waals surface area contributed by atoms with E-state index in [9.17, 15) is 0 Å². The van der Waals surface area contributed by atoms with Gasteiger partial charge in [0.15, 0.2) is 0 Å². The van der Waals surface area contributed by atoms with Gasteiger partial charge in [-0.15, -0.1) is 0 Å².